The van der Waals surface area contributed by atoms with E-state index in [0.717, 1.165) is 22.4 Å². The second-order valence-corrected chi connectivity index (χ2v) is 8.88. The second kappa shape index (κ2) is 26.2. The summed E-state index contributed by atoms with van der Waals surface area (Å²) in [5.74, 6) is -0.167. The molecule has 0 radical (unpaired) electrons. The van der Waals surface area contributed by atoms with Gasteiger partial charge in [0.15, 0.2) is 0 Å². The van der Waals surface area contributed by atoms with E-state index in [2.05, 4.69) is 66.1 Å². The number of benzene rings is 2. The molecule has 0 bridgehead atoms. The van der Waals surface area contributed by atoms with Gasteiger partial charge in [-0.1, -0.05) is 108 Å². The normalized spacial score (nSPS) is 10.6. The van der Waals surface area contributed by atoms with Crippen LogP contribution in [0.2, 0.25) is 0 Å². The van der Waals surface area contributed by atoms with E-state index in [0.29, 0.717) is 5.57 Å². The zero-order valence-corrected chi connectivity index (χ0v) is 26.5. The van der Waals surface area contributed by atoms with E-state index in [1.807, 2.05) is 83.2 Å². The molecule has 2 aromatic rings. The van der Waals surface area contributed by atoms with Gasteiger partial charge in [-0.3, -0.25) is 4.79 Å². The summed E-state index contributed by atoms with van der Waals surface area (Å²) in [6, 6.07) is 15.7. The van der Waals surface area contributed by atoms with Gasteiger partial charge in [0.1, 0.15) is 5.82 Å². The molecule has 3 heteroatoms. The number of allylic oxidation sites excluding steroid dienone is 6. The van der Waals surface area contributed by atoms with E-state index in [1.54, 1.807) is 12.1 Å². The molecule has 0 saturated heterocycles. The molecule has 39 heavy (non-hydrogen) atoms. The van der Waals surface area contributed by atoms with E-state index in [1.165, 1.54) is 24.1 Å². The van der Waals surface area contributed by atoms with Crippen LogP contribution in [0, 0.1) is 11.7 Å². The lowest BCUT2D eigenvalue weighted by molar-refractivity contribution is -0.112. The molecule has 0 aliphatic rings. The van der Waals surface area contributed by atoms with Crippen LogP contribution in [0.15, 0.2) is 109 Å². The summed E-state index contributed by atoms with van der Waals surface area (Å²) in [5, 5.41) is 2.94. The van der Waals surface area contributed by atoms with Crippen molar-refractivity contribution in [3.05, 3.63) is 120 Å². The number of halogens is 1. The molecule has 0 aromatic heterocycles. The van der Waals surface area contributed by atoms with E-state index >= 15 is 0 Å². The van der Waals surface area contributed by atoms with E-state index in [-0.39, 0.29) is 17.6 Å². The molecule has 0 spiro atoms. The van der Waals surface area contributed by atoms with Gasteiger partial charge < -0.3 is 5.32 Å². The lowest BCUT2D eigenvalue weighted by atomic mass is 9.95. The topological polar surface area (TPSA) is 29.1 Å². The molecule has 1 N–H and O–H groups in total. The van der Waals surface area contributed by atoms with Crippen LogP contribution in [0.4, 0.5) is 10.1 Å². The number of amides is 1. The molecule has 2 nitrogen and oxygen atoms in total. The summed E-state index contributed by atoms with van der Waals surface area (Å²) in [6.45, 7) is 28.5. The average molecular weight is 536 g/mol. The lowest BCUT2D eigenvalue weighted by Gasteiger charge is -2.14. The van der Waals surface area contributed by atoms with Crippen molar-refractivity contribution in [2.75, 3.05) is 5.32 Å². The summed E-state index contributed by atoms with van der Waals surface area (Å²) >= 11 is 0. The number of rotatable bonds is 6. The van der Waals surface area contributed by atoms with Crippen LogP contribution in [0.5, 0.6) is 0 Å². The zero-order valence-electron chi connectivity index (χ0n) is 26.5. The first kappa shape index (κ1) is 40.0. The minimum absolute atomic E-state index is 0.140. The molecule has 0 atom stereocenters. The van der Waals surface area contributed by atoms with Crippen molar-refractivity contribution in [2.24, 2.45) is 5.92 Å². The highest BCUT2D eigenvalue weighted by molar-refractivity contribution is 6.07. The fraction of sp³-hybridized carbons (Fsp3) is 0.361. The molecule has 2 aromatic carbocycles. The van der Waals surface area contributed by atoms with Gasteiger partial charge in [-0.05, 0) is 82.0 Å². The number of hydrogen-bond donors (Lipinski definition) is 1. The van der Waals surface area contributed by atoms with Crippen molar-refractivity contribution in [2.45, 2.75) is 82.6 Å². The van der Waals surface area contributed by atoms with Gasteiger partial charge in [-0.25, -0.2) is 4.39 Å². The highest BCUT2D eigenvalue weighted by atomic mass is 19.1. The Bertz CT molecular complexity index is 1010. The molecule has 0 aliphatic heterocycles. The molecule has 0 aliphatic carbocycles. The van der Waals surface area contributed by atoms with Crippen LogP contribution in [-0.2, 0) is 4.79 Å². The van der Waals surface area contributed by atoms with Crippen molar-refractivity contribution in [3.8, 4) is 0 Å². The number of anilines is 1. The van der Waals surface area contributed by atoms with Gasteiger partial charge in [0.2, 0.25) is 0 Å². The third-order valence-corrected chi connectivity index (χ3v) is 4.85. The van der Waals surface area contributed by atoms with Crippen LogP contribution in [0.25, 0.3) is 5.57 Å². The molecule has 216 valence electrons. The third-order valence-electron chi connectivity index (χ3n) is 4.85. The Kier molecular flexibility index (Phi) is 26.9. The van der Waals surface area contributed by atoms with Gasteiger partial charge in [-0.15, -0.1) is 13.2 Å². The predicted octanol–water partition coefficient (Wildman–Crippen LogP) is 11.6. The number of nitrogens with one attached hydrogen (secondary N) is 1. The van der Waals surface area contributed by atoms with Gasteiger partial charge in [0.05, 0.1) is 0 Å². The molecule has 1 amide bonds. The van der Waals surface area contributed by atoms with Crippen LogP contribution in [-0.4, -0.2) is 5.91 Å². The van der Waals surface area contributed by atoms with E-state index in [9.17, 15) is 9.18 Å². The molecule has 0 unspecified atom stereocenters. The Morgan fingerprint density at radius 2 is 1.41 bits per heavy atom. The SMILES string of the molecule is C/C(=C(\C=C(/C)c1ccc(F)cc1)C(=O)Nc1ccccc1)C(C)C.C/C=C\C=C(C)C.C=C.CC.CCC. The van der Waals surface area contributed by atoms with Crippen LogP contribution in [0.1, 0.15) is 88.1 Å². The first-order valence-electron chi connectivity index (χ1n) is 13.8. The van der Waals surface area contributed by atoms with Crippen molar-refractivity contribution < 1.29 is 9.18 Å². The van der Waals surface area contributed by atoms with Crippen LogP contribution in [0.3, 0.4) is 0 Å². The summed E-state index contributed by atoms with van der Waals surface area (Å²) in [7, 11) is 0. The smallest absolute Gasteiger partial charge is 0.255 e. The standard InChI is InChI=1S/C22H24FNO.C7H12.C3H8.C2H6.C2H4/c1-15(2)17(4)21(22(25)24-20-8-6-5-7-9-20)14-16(3)18-10-12-19(23)13-11-18;1-4-5-6-7(2)3;1-3-2;2*1-2/h5-15H,1-4H3,(H,24,25);4-6H,1-3H3;3H2,1-2H3;1-2H3;1-2H2/b16-14+,21-17-;5-4-;;;. The monoisotopic (exact) mass is 535 g/mol. The van der Waals surface area contributed by atoms with Gasteiger partial charge in [0, 0.05) is 11.3 Å². The Morgan fingerprint density at radius 3 is 1.79 bits per heavy atom. The number of carbonyl (C=O) groups is 1. The largest absolute Gasteiger partial charge is 0.322 e. The summed E-state index contributed by atoms with van der Waals surface area (Å²) < 4.78 is 13.1. The lowest BCUT2D eigenvalue weighted by Crippen LogP contribution is -2.16. The molecule has 0 saturated carbocycles. The van der Waals surface area contributed by atoms with E-state index < -0.39 is 0 Å². The summed E-state index contributed by atoms with van der Waals surface area (Å²) in [6.07, 6.45) is 9.27. The summed E-state index contributed by atoms with van der Waals surface area (Å²) in [5.41, 5.74) is 5.56. The second-order valence-electron chi connectivity index (χ2n) is 8.88. The Morgan fingerprint density at radius 1 is 0.923 bits per heavy atom. The third kappa shape index (κ3) is 20.2. The molecular weight excluding hydrogens is 481 g/mol. The zero-order chi connectivity index (χ0) is 30.8. The van der Waals surface area contributed by atoms with Gasteiger partial charge in [0.25, 0.3) is 5.91 Å². The maximum absolute atomic E-state index is 13.1. The quantitative estimate of drug-likeness (QED) is 0.222. The predicted molar refractivity (Wildman–Crippen MR) is 175 cm³/mol. The van der Waals surface area contributed by atoms with Crippen LogP contribution < -0.4 is 5.32 Å². The Balaban J connectivity index is -0.000000776. The van der Waals surface area contributed by atoms with Crippen molar-refractivity contribution in [1.82, 2.24) is 0 Å². The van der Waals surface area contributed by atoms with E-state index in [4.69, 9.17) is 0 Å². The Labute approximate surface area is 240 Å². The molecule has 2 rings (SSSR count). The fourth-order valence-electron chi connectivity index (χ4n) is 2.69. The average Bonchev–Trinajstić information content (AvgIpc) is 2.94. The van der Waals surface area contributed by atoms with Crippen LogP contribution >= 0.6 is 0 Å². The maximum Gasteiger partial charge on any atom is 0.255 e. The first-order chi connectivity index (χ1) is 18.6. The summed E-state index contributed by atoms with van der Waals surface area (Å²) in [4.78, 5) is 12.8. The first-order valence-corrected chi connectivity index (χ1v) is 13.8. The highest BCUT2D eigenvalue weighted by Gasteiger charge is 2.14. The minimum Gasteiger partial charge on any atom is -0.322 e. The van der Waals surface area contributed by atoms with Gasteiger partial charge >= 0.3 is 0 Å². The van der Waals surface area contributed by atoms with Crippen molar-refractivity contribution in [3.63, 3.8) is 0 Å². The minimum atomic E-state index is -0.271. The molecular formula is C36H54FNO. The fourth-order valence-corrected chi connectivity index (χ4v) is 2.69. The number of hydrogen-bond acceptors (Lipinski definition) is 1. The van der Waals surface area contributed by atoms with Crippen molar-refractivity contribution in [1.29, 1.82) is 0 Å². The molecule has 0 heterocycles. The highest BCUT2D eigenvalue weighted by Crippen LogP contribution is 2.23. The molecule has 0 fully saturated rings. The maximum atomic E-state index is 13.1. The number of carbonyl (C=O) groups excluding carboxylic acids is 1. The Hall–Kier alpha value is -3.46. The van der Waals surface area contributed by atoms with Crippen molar-refractivity contribution >= 4 is 17.2 Å². The number of para-hydroxylation sites is 1. The van der Waals surface area contributed by atoms with Gasteiger partial charge in [-0.2, -0.15) is 0 Å².